The number of Topliss-reactive ketones (excluding diaryl/α,β-unsaturated/α-hetero) is 1. The van der Waals surface area contributed by atoms with E-state index in [-0.39, 0.29) is 21.9 Å². The van der Waals surface area contributed by atoms with Crippen LogP contribution in [0.25, 0.3) is 5.76 Å². The van der Waals surface area contributed by atoms with Crippen molar-refractivity contribution in [3.8, 4) is 5.75 Å². The Morgan fingerprint density at radius 3 is 2.25 bits per heavy atom. The normalized spacial score (nSPS) is 16.0. The highest BCUT2D eigenvalue weighted by Crippen LogP contribution is 2.44. The van der Waals surface area contributed by atoms with E-state index in [1.165, 1.54) is 28.0 Å². The van der Waals surface area contributed by atoms with Gasteiger partial charge in [0.05, 0.1) is 11.6 Å². The summed E-state index contributed by atoms with van der Waals surface area (Å²) in [5, 5.41) is 21.2. The molecule has 1 aromatic heterocycles. The number of hydrogen-bond acceptors (Lipinski definition) is 8. The van der Waals surface area contributed by atoms with Crippen LogP contribution in [-0.4, -0.2) is 27.0 Å². The van der Waals surface area contributed by atoms with Crippen LogP contribution < -0.4 is 9.64 Å². The Kier molecular flexibility index (Phi) is 9.73. The van der Waals surface area contributed by atoms with Crippen LogP contribution in [0.4, 0.5) is 5.13 Å². The van der Waals surface area contributed by atoms with Crippen LogP contribution in [-0.2, 0) is 27.4 Å². The van der Waals surface area contributed by atoms with E-state index in [1.807, 2.05) is 79.7 Å². The van der Waals surface area contributed by atoms with E-state index >= 15 is 0 Å². The molecule has 0 radical (unpaired) electrons. The zero-order valence-corrected chi connectivity index (χ0v) is 29.3. The second kappa shape index (κ2) is 14.0. The minimum absolute atomic E-state index is 0.0162. The number of carbonyl (C=O) groups is 2. The van der Waals surface area contributed by atoms with Crippen LogP contribution in [0.5, 0.6) is 5.75 Å². The van der Waals surface area contributed by atoms with Crippen molar-refractivity contribution in [3.63, 3.8) is 0 Å². The van der Waals surface area contributed by atoms with Gasteiger partial charge < -0.3 is 9.84 Å². The SMILES string of the molecule is Cc1ccccc1COc1ccc(/C(O)=C2\C(=O)C(=O)N(c3nnc(SCc4ccccc4Cl)s3)C2c2ccc(C(C)(C)C)cc2)cc1. The Bertz CT molecular complexity index is 2000. The number of anilines is 1. The number of ketones is 1. The first kappa shape index (κ1) is 33.5. The molecule has 1 fully saturated rings. The molecule has 1 amide bonds. The summed E-state index contributed by atoms with van der Waals surface area (Å²) in [5.41, 5.74) is 5.19. The number of ether oxygens (including phenoxy) is 1. The topological polar surface area (TPSA) is 92.6 Å². The van der Waals surface area contributed by atoms with E-state index < -0.39 is 17.7 Å². The maximum absolute atomic E-state index is 13.7. The lowest BCUT2D eigenvalue weighted by Gasteiger charge is -2.24. The molecule has 2 heterocycles. The lowest BCUT2D eigenvalue weighted by molar-refractivity contribution is -0.132. The van der Waals surface area contributed by atoms with E-state index in [2.05, 4.69) is 31.0 Å². The molecule has 1 unspecified atom stereocenters. The summed E-state index contributed by atoms with van der Waals surface area (Å²) in [4.78, 5) is 28.8. The van der Waals surface area contributed by atoms with Crippen LogP contribution in [0.3, 0.4) is 0 Å². The minimum Gasteiger partial charge on any atom is -0.507 e. The second-order valence-corrected chi connectivity index (χ2v) is 15.1. The highest BCUT2D eigenvalue weighted by atomic mass is 35.5. The minimum atomic E-state index is -0.912. The first-order valence-corrected chi connectivity index (χ1v) is 17.6. The third-order valence-corrected chi connectivity index (χ3v) is 10.7. The van der Waals surface area contributed by atoms with Gasteiger partial charge in [0.25, 0.3) is 5.78 Å². The highest BCUT2D eigenvalue weighted by molar-refractivity contribution is 8.00. The van der Waals surface area contributed by atoms with Gasteiger partial charge in [0.2, 0.25) is 5.13 Å². The summed E-state index contributed by atoms with van der Waals surface area (Å²) in [5.74, 6) is -0.671. The van der Waals surface area contributed by atoms with Crippen molar-refractivity contribution in [2.75, 3.05) is 4.90 Å². The van der Waals surface area contributed by atoms with Crippen molar-refractivity contribution >= 4 is 57.3 Å². The molecule has 5 aromatic rings. The van der Waals surface area contributed by atoms with Crippen LogP contribution in [0.2, 0.25) is 5.02 Å². The molecule has 1 aliphatic rings. The number of aliphatic hydroxyl groups is 1. The van der Waals surface area contributed by atoms with Gasteiger partial charge in [0, 0.05) is 16.3 Å². The summed E-state index contributed by atoms with van der Waals surface area (Å²) in [6.07, 6.45) is 0. The summed E-state index contributed by atoms with van der Waals surface area (Å²) < 4.78 is 6.60. The molecule has 10 heteroatoms. The zero-order valence-electron chi connectivity index (χ0n) is 26.9. The zero-order chi connectivity index (χ0) is 34.0. The number of benzene rings is 4. The average molecular weight is 696 g/mol. The molecule has 1 atom stereocenters. The molecule has 0 aliphatic carbocycles. The maximum atomic E-state index is 13.7. The smallest absolute Gasteiger partial charge is 0.301 e. The summed E-state index contributed by atoms with van der Waals surface area (Å²) >= 11 is 9.00. The van der Waals surface area contributed by atoms with Gasteiger partial charge in [-0.15, -0.1) is 10.2 Å². The van der Waals surface area contributed by atoms with Crippen LogP contribution in [0.15, 0.2) is 107 Å². The number of nitrogens with zero attached hydrogens (tertiary/aromatic N) is 3. The van der Waals surface area contributed by atoms with Gasteiger partial charge in [-0.2, -0.15) is 0 Å². The molecule has 6 rings (SSSR count). The monoisotopic (exact) mass is 695 g/mol. The second-order valence-electron chi connectivity index (χ2n) is 12.5. The standard InChI is InChI=1S/C38H34ClN3O4S2/c1-23-9-5-6-10-26(23)21-46-29-19-15-25(16-20-29)33(43)31-32(24-13-17-28(18-14-24)38(2,3)4)42(35(45)34(31)44)36-40-41-37(48-36)47-22-27-11-7-8-12-30(27)39/h5-20,32,43H,21-22H2,1-4H3/b33-31+. The number of carbonyl (C=O) groups excluding carboxylic acids is 2. The first-order chi connectivity index (χ1) is 23.0. The van der Waals surface area contributed by atoms with Gasteiger partial charge in [0.1, 0.15) is 18.1 Å². The lowest BCUT2D eigenvalue weighted by Crippen LogP contribution is -2.29. The van der Waals surface area contributed by atoms with E-state index in [0.29, 0.717) is 38.6 Å². The van der Waals surface area contributed by atoms with Crippen molar-refractivity contribution in [1.29, 1.82) is 0 Å². The van der Waals surface area contributed by atoms with Crippen LogP contribution in [0, 0.1) is 6.92 Å². The number of amides is 1. The van der Waals surface area contributed by atoms with Crippen molar-refractivity contribution < 1.29 is 19.4 Å². The number of aromatic nitrogens is 2. The molecule has 4 aromatic carbocycles. The van der Waals surface area contributed by atoms with E-state index in [9.17, 15) is 14.7 Å². The molecule has 0 saturated carbocycles. The summed E-state index contributed by atoms with van der Waals surface area (Å²) in [6.45, 7) is 8.78. The molecule has 0 bridgehead atoms. The quantitative estimate of drug-likeness (QED) is 0.0540. The summed E-state index contributed by atoms with van der Waals surface area (Å²) in [7, 11) is 0. The maximum Gasteiger partial charge on any atom is 0.301 e. The fraction of sp³-hybridized carbons (Fsp3) is 0.211. The number of thioether (sulfide) groups is 1. The lowest BCUT2D eigenvalue weighted by atomic mass is 9.85. The first-order valence-electron chi connectivity index (χ1n) is 15.4. The molecular weight excluding hydrogens is 662 g/mol. The Hall–Kier alpha value is -4.44. The molecule has 1 N–H and O–H groups in total. The van der Waals surface area contributed by atoms with Gasteiger partial charge >= 0.3 is 5.91 Å². The van der Waals surface area contributed by atoms with Gasteiger partial charge in [-0.3, -0.25) is 14.5 Å². The van der Waals surface area contributed by atoms with Gasteiger partial charge in [-0.05, 0) is 70.5 Å². The fourth-order valence-corrected chi connectivity index (χ4v) is 7.57. The third kappa shape index (κ3) is 7.04. The molecule has 0 spiro atoms. The molecule has 7 nitrogen and oxygen atoms in total. The van der Waals surface area contributed by atoms with E-state index in [1.54, 1.807) is 24.3 Å². The van der Waals surface area contributed by atoms with Crippen molar-refractivity contribution in [1.82, 2.24) is 10.2 Å². The Morgan fingerprint density at radius 1 is 0.917 bits per heavy atom. The number of rotatable bonds is 9. The Labute approximate surface area is 293 Å². The molecule has 48 heavy (non-hydrogen) atoms. The predicted molar refractivity (Wildman–Crippen MR) is 193 cm³/mol. The Balaban J connectivity index is 1.33. The average Bonchev–Trinajstić information content (AvgIpc) is 3.65. The van der Waals surface area contributed by atoms with Crippen LogP contribution >= 0.6 is 34.7 Å². The molecule has 244 valence electrons. The van der Waals surface area contributed by atoms with Crippen molar-refractivity contribution in [2.24, 2.45) is 0 Å². The number of aliphatic hydroxyl groups excluding tert-OH is 1. The predicted octanol–water partition coefficient (Wildman–Crippen LogP) is 9.30. The number of hydrogen-bond donors (Lipinski definition) is 1. The molecule has 1 saturated heterocycles. The van der Waals surface area contributed by atoms with Crippen LogP contribution in [0.1, 0.15) is 60.2 Å². The number of halogens is 1. The molecule has 1 aliphatic heterocycles. The number of aryl methyl sites for hydroxylation is 1. The van der Waals surface area contributed by atoms with E-state index in [4.69, 9.17) is 16.3 Å². The molecular formula is C38H34ClN3O4S2. The van der Waals surface area contributed by atoms with Crippen molar-refractivity contribution in [3.05, 3.63) is 141 Å². The summed E-state index contributed by atoms with van der Waals surface area (Å²) in [6, 6.07) is 29.3. The fourth-order valence-electron chi connectivity index (χ4n) is 5.42. The largest absolute Gasteiger partial charge is 0.507 e. The van der Waals surface area contributed by atoms with Crippen molar-refractivity contribution in [2.45, 2.75) is 55.9 Å². The third-order valence-electron chi connectivity index (χ3n) is 8.23. The van der Waals surface area contributed by atoms with Gasteiger partial charge in [-0.1, -0.05) is 122 Å². The Morgan fingerprint density at radius 2 is 1.58 bits per heavy atom. The highest BCUT2D eigenvalue weighted by Gasteiger charge is 2.48. The van der Waals surface area contributed by atoms with Gasteiger partial charge in [-0.25, -0.2) is 0 Å². The van der Waals surface area contributed by atoms with Gasteiger partial charge in [0.15, 0.2) is 4.34 Å². The van der Waals surface area contributed by atoms with E-state index in [0.717, 1.165) is 22.3 Å².